The molecule has 178 valence electrons. The summed E-state index contributed by atoms with van der Waals surface area (Å²) in [4.78, 5) is 59.1. The SMILES string of the molecule is NCCCC(N)C(=O)NC(=O)CCC(NC(=O)C(N)CCCN)C(=O)NCCC(=O)O. The predicted octanol–water partition coefficient (Wildman–Crippen LogP) is -3.38. The van der Waals surface area contributed by atoms with E-state index in [0.717, 1.165) is 0 Å². The van der Waals surface area contributed by atoms with Crippen molar-refractivity contribution >= 4 is 29.6 Å². The Morgan fingerprint density at radius 1 is 0.774 bits per heavy atom. The van der Waals surface area contributed by atoms with Crippen molar-refractivity contribution in [3.63, 3.8) is 0 Å². The van der Waals surface area contributed by atoms with Crippen molar-refractivity contribution in [1.29, 1.82) is 0 Å². The van der Waals surface area contributed by atoms with Gasteiger partial charge >= 0.3 is 5.97 Å². The largest absolute Gasteiger partial charge is 0.481 e. The predicted molar refractivity (Wildman–Crippen MR) is 112 cm³/mol. The summed E-state index contributed by atoms with van der Waals surface area (Å²) in [6.45, 7) is 0.558. The van der Waals surface area contributed by atoms with Gasteiger partial charge in [0.25, 0.3) is 0 Å². The number of carboxylic acids is 1. The number of amides is 4. The molecule has 0 aromatic heterocycles. The third kappa shape index (κ3) is 13.3. The third-order valence-electron chi connectivity index (χ3n) is 4.31. The second kappa shape index (κ2) is 16.1. The topological polar surface area (TPSA) is 246 Å². The molecule has 0 rings (SSSR count). The molecular formula is C18H35N7O6. The molecule has 0 aliphatic heterocycles. The molecule has 4 amide bonds. The molecule has 0 bridgehead atoms. The Morgan fingerprint density at radius 3 is 1.84 bits per heavy atom. The van der Waals surface area contributed by atoms with Crippen LogP contribution in [0.3, 0.4) is 0 Å². The first-order chi connectivity index (χ1) is 14.6. The van der Waals surface area contributed by atoms with Gasteiger partial charge in [0.1, 0.15) is 6.04 Å². The number of hydrogen-bond acceptors (Lipinski definition) is 9. The molecule has 0 heterocycles. The Balaban J connectivity index is 4.86. The van der Waals surface area contributed by atoms with Crippen molar-refractivity contribution in [3.8, 4) is 0 Å². The van der Waals surface area contributed by atoms with Gasteiger partial charge in [-0.15, -0.1) is 0 Å². The van der Waals surface area contributed by atoms with Gasteiger partial charge in [0.05, 0.1) is 18.5 Å². The highest BCUT2D eigenvalue weighted by Gasteiger charge is 2.25. The van der Waals surface area contributed by atoms with Crippen molar-refractivity contribution in [3.05, 3.63) is 0 Å². The fourth-order valence-electron chi connectivity index (χ4n) is 2.47. The van der Waals surface area contributed by atoms with E-state index in [2.05, 4.69) is 16.0 Å². The van der Waals surface area contributed by atoms with Crippen LogP contribution in [0.2, 0.25) is 0 Å². The summed E-state index contributed by atoms with van der Waals surface area (Å²) in [7, 11) is 0. The van der Waals surface area contributed by atoms with Crippen LogP contribution in [-0.4, -0.2) is 72.5 Å². The van der Waals surface area contributed by atoms with Gasteiger partial charge in [-0.05, 0) is 45.2 Å². The molecule has 0 spiro atoms. The van der Waals surface area contributed by atoms with Gasteiger partial charge in [0.2, 0.25) is 23.6 Å². The fraction of sp³-hybridized carbons (Fsp3) is 0.722. The van der Waals surface area contributed by atoms with E-state index < -0.39 is 47.7 Å². The molecule has 13 nitrogen and oxygen atoms in total. The first-order valence-electron chi connectivity index (χ1n) is 10.2. The summed E-state index contributed by atoms with van der Waals surface area (Å²) in [6.07, 6.45) is 0.970. The van der Waals surface area contributed by atoms with Crippen molar-refractivity contribution < 1.29 is 29.1 Å². The summed E-state index contributed by atoms with van der Waals surface area (Å²) in [6, 6.07) is -2.92. The van der Waals surface area contributed by atoms with E-state index in [1.807, 2.05) is 0 Å². The van der Waals surface area contributed by atoms with Crippen LogP contribution in [0.15, 0.2) is 0 Å². The van der Waals surface area contributed by atoms with Crippen molar-refractivity contribution in [2.24, 2.45) is 22.9 Å². The van der Waals surface area contributed by atoms with Gasteiger partial charge in [-0.3, -0.25) is 29.3 Å². The van der Waals surface area contributed by atoms with Crippen molar-refractivity contribution in [2.45, 2.75) is 63.1 Å². The zero-order valence-electron chi connectivity index (χ0n) is 17.6. The number of hydrogen-bond donors (Lipinski definition) is 8. The average Bonchev–Trinajstić information content (AvgIpc) is 2.72. The smallest absolute Gasteiger partial charge is 0.305 e. The number of carbonyl (C=O) groups excluding carboxylic acids is 4. The maximum Gasteiger partial charge on any atom is 0.305 e. The maximum atomic E-state index is 12.3. The number of carbonyl (C=O) groups is 5. The van der Waals surface area contributed by atoms with Gasteiger partial charge in [0, 0.05) is 13.0 Å². The highest BCUT2D eigenvalue weighted by atomic mass is 16.4. The van der Waals surface area contributed by atoms with Crippen LogP contribution in [0, 0.1) is 0 Å². The summed E-state index contributed by atoms with van der Waals surface area (Å²) in [5.74, 6) is -3.70. The van der Waals surface area contributed by atoms with E-state index in [4.69, 9.17) is 28.0 Å². The highest BCUT2D eigenvalue weighted by molar-refractivity contribution is 5.98. The van der Waals surface area contributed by atoms with E-state index in [9.17, 15) is 24.0 Å². The van der Waals surface area contributed by atoms with E-state index in [1.54, 1.807) is 0 Å². The standard InChI is InChI=1S/C18H35N7O6/c19-8-1-3-11(21)16(29)24-13(18(31)23-10-7-15(27)28)5-6-14(26)25-17(30)12(22)4-2-9-20/h11-13H,1-10,19-22H2,(H,23,31)(H,24,29)(H,27,28)(H,25,26,30). The van der Waals surface area contributed by atoms with E-state index in [0.29, 0.717) is 38.8 Å². The zero-order valence-corrected chi connectivity index (χ0v) is 17.6. The molecule has 0 aliphatic rings. The van der Waals surface area contributed by atoms with Crippen LogP contribution in [-0.2, 0) is 24.0 Å². The molecular weight excluding hydrogens is 410 g/mol. The van der Waals surface area contributed by atoms with Gasteiger partial charge in [-0.25, -0.2) is 0 Å². The van der Waals surface area contributed by atoms with E-state index in [-0.39, 0.29) is 25.8 Å². The van der Waals surface area contributed by atoms with E-state index >= 15 is 0 Å². The summed E-state index contributed by atoms with van der Waals surface area (Å²) < 4.78 is 0. The maximum absolute atomic E-state index is 12.3. The Morgan fingerprint density at radius 2 is 1.32 bits per heavy atom. The Hall–Kier alpha value is -2.61. The summed E-state index contributed by atoms with van der Waals surface area (Å²) in [5, 5.41) is 15.7. The first-order valence-corrected chi connectivity index (χ1v) is 10.2. The molecule has 0 saturated heterocycles. The highest BCUT2D eigenvalue weighted by Crippen LogP contribution is 2.02. The molecule has 0 aliphatic carbocycles. The van der Waals surface area contributed by atoms with Crippen LogP contribution in [0.5, 0.6) is 0 Å². The number of carboxylic acid groups (broad SMARTS) is 1. The summed E-state index contributed by atoms with van der Waals surface area (Å²) in [5.41, 5.74) is 22.2. The lowest BCUT2D eigenvalue weighted by Gasteiger charge is -2.20. The quantitative estimate of drug-likeness (QED) is 0.117. The second-order valence-corrected chi connectivity index (χ2v) is 7.02. The molecule has 0 aromatic carbocycles. The van der Waals surface area contributed by atoms with Gasteiger partial charge < -0.3 is 38.7 Å². The average molecular weight is 446 g/mol. The minimum absolute atomic E-state index is 0.134. The lowest BCUT2D eigenvalue weighted by Crippen LogP contribution is -2.52. The lowest BCUT2D eigenvalue weighted by atomic mass is 10.1. The molecule has 0 aromatic rings. The number of nitrogens with one attached hydrogen (secondary N) is 3. The molecule has 3 atom stereocenters. The normalized spacial score (nSPS) is 13.5. The minimum Gasteiger partial charge on any atom is -0.481 e. The van der Waals surface area contributed by atoms with Crippen LogP contribution < -0.4 is 38.9 Å². The van der Waals surface area contributed by atoms with Gasteiger partial charge in [0.15, 0.2) is 0 Å². The Kier molecular flexibility index (Phi) is 14.8. The van der Waals surface area contributed by atoms with Gasteiger partial charge in [-0.1, -0.05) is 0 Å². The Bertz CT molecular complexity index is 616. The van der Waals surface area contributed by atoms with Crippen LogP contribution >= 0.6 is 0 Å². The van der Waals surface area contributed by atoms with Crippen LogP contribution in [0.25, 0.3) is 0 Å². The van der Waals surface area contributed by atoms with Gasteiger partial charge in [-0.2, -0.15) is 0 Å². The van der Waals surface area contributed by atoms with Crippen molar-refractivity contribution in [1.82, 2.24) is 16.0 Å². The number of aliphatic carboxylic acids is 1. The van der Waals surface area contributed by atoms with E-state index in [1.165, 1.54) is 0 Å². The van der Waals surface area contributed by atoms with Crippen LogP contribution in [0.4, 0.5) is 0 Å². The summed E-state index contributed by atoms with van der Waals surface area (Å²) >= 11 is 0. The Labute approximate surface area is 181 Å². The molecule has 13 heteroatoms. The molecule has 31 heavy (non-hydrogen) atoms. The fourth-order valence-corrected chi connectivity index (χ4v) is 2.47. The lowest BCUT2D eigenvalue weighted by molar-refractivity contribution is -0.137. The van der Waals surface area contributed by atoms with Crippen molar-refractivity contribution in [2.75, 3.05) is 19.6 Å². The number of imide groups is 1. The zero-order chi connectivity index (χ0) is 23.8. The molecule has 12 N–H and O–H groups in total. The molecule has 0 radical (unpaired) electrons. The monoisotopic (exact) mass is 445 g/mol. The molecule has 0 saturated carbocycles. The van der Waals surface area contributed by atoms with Crippen LogP contribution in [0.1, 0.15) is 44.9 Å². The molecule has 0 fully saturated rings. The molecule has 3 unspecified atom stereocenters. The number of nitrogens with two attached hydrogens (primary N) is 4. The minimum atomic E-state index is -1.14. The second-order valence-electron chi connectivity index (χ2n) is 7.02. The third-order valence-corrected chi connectivity index (χ3v) is 4.31. The number of rotatable bonds is 16. The first kappa shape index (κ1) is 28.4.